The van der Waals surface area contributed by atoms with E-state index in [1.54, 1.807) is 26.0 Å². The molecule has 0 unspecified atom stereocenters. The average Bonchev–Trinajstić information content (AvgIpc) is 3.37. The van der Waals surface area contributed by atoms with Crippen LogP contribution in [-0.4, -0.2) is 73.1 Å². The molecule has 0 bridgehead atoms. The normalized spacial score (nSPS) is 22.1. The van der Waals surface area contributed by atoms with E-state index in [4.69, 9.17) is 27.9 Å². The molecule has 5 rings (SSSR count). The first-order valence-corrected chi connectivity index (χ1v) is 18.2. The molecule has 14 heteroatoms. The number of benzene rings is 3. The second kappa shape index (κ2) is 16.4. The van der Waals surface area contributed by atoms with Crippen molar-refractivity contribution in [2.24, 2.45) is 0 Å². The number of aromatic amines is 1. The number of nitrogens with one attached hydrogen (secondary N) is 1. The predicted octanol–water partition coefficient (Wildman–Crippen LogP) is 4.15. The molecule has 3 aromatic carbocycles. The van der Waals surface area contributed by atoms with Gasteiger partial charge in [0.1, 0.15) is 18.3 Å². The fraction of sp³-hybridized carbons (Fsp3) is 0.421. The number of aliphatic hydroxyl groups is 1. The summed E-state index contributed by atoms with van der Waals surface area (Å²) in [4.78, 5) is 28.3. The molecule has 4 aromatic rings. The Morgan fingerprint density at radius 3 is 2.12 bits per heavy atom. The number of H-pyrrole nitrogens is 1. The molecule has 52 heavy (non-hydrogen) atoms. The number of ether oxygens (including phenoxy) is 5. The first-order valence-electron chi connectivity index (χ1n) is 16.8. The monoisotopic (exact) mass is 738 g/mol. The Morgan fingerprint density at radius 1 is 0.904 bits per heavy atom. The molecule has 280 valence electrons. The third kappa shape index (κ3) is 8.62. The van der Waals surface area contributed by atoms with Crippen LogP contribution in [0.15, 0.2) is 106 Å². The number of nitrogens with zero attached hydrogens (tertiary/aromatic N) is 1. The van der Waals surface area contributed by atoms with Gasteiger partial charge in [0.2, 0.25) is 0 Å². The minimum Gasteiger partial charge on any atom is -0.396 e. The summed E-state index contributed by atoms with van der Waals surface area (Å²) in [6.07, 6.45) is -1.55. The van der Waals surface area contributed by atoms with Crippen LogP contribution in [0.1, 0.15) is 48.8 Å². The predicted molar refractivity (Wildman–Crippen MR) is 191 cm³/mol. The summed E-state index contributed by atoms with van der Waals surface area (Å²) in [5.41, 5.74) is -2.48. The molecule has 1 fully saturated rings. The zero-order chi connectivity index (χ0) is 37.6. The zero-order valence-corrected chi connectivity index (χ0v) is 30.8. The highest BCUT2D eigenvalue weighted by molar-refractivity contribution is 7.86. The lowest BCUT2D eigenvalue weighted by Crippen LogP contribution is -2.64. The Hall–Kier alpha value is -3.99. The molecule has 1 aliphatic heterocycles. The Morgan fingerprint density at radius 2 is 1.52 bits per heavy atom. The summed E-state index contributed by atoms with van der Waals surface area (Å²) in [5.74, 6) is -1.33. The van der Waals surface area contributed by atoms with Crippen molar-refractivity contribution < 1.29 is 41.4 Å². The molecule has 1 aromatic heterocycles. The molecule has 2 heterocycles. The van der Waals surface area contributed by atoms with Crippen molar-refractivity contribution in [2.75, 3.05) is 26.9 Å². The van der Waals surface area contributed by atoms with Gasteiger partial charge in [-0.15, -0.1) is 0 Å². The number of rotatable bonds is 17. The highest BCUT2D eigenvalue weighted by atomic mass is 32.2. The number of methoxy groups -OCH3 is 1. The molecular formula is C38H46N2O11S. The number of hydrogen-bond donors (Lipinski definition) is 2. The average molecular weight is 739 g/mol. The van der Waals surface area contributed by atoms with E-state index in [9.17, 15) is 23.1 Å². The maximum Gasteiger partial charge on any atom is 0.330 e. The van der Waals surface area contributed by atoms with Crippen molar-refractivity contribution >= 4 is 10.1 Å². The Balaban J connectivity index is 1.72. The van der Waals surface area contributed by atoms with Crippen molar-refractivity contribution in [3.05, 3.63) is 134 Å². The summed E-state index contributed by atoms with van der Waals surface area (Å²) in [6, 6.07) is 24.7. The van der Waals surface area contributed by atoms with E-state index in [2.05, 4.69) is 4.98 Å². The van der Waals surface area contributed by atoms with Crippen molar-refractivity contribution in [3.63, 3.8) is 0 Å². The maximum atomic E-state index is 13.8. The SMILES string of the molecule is COC(C)(C)O[C@H]1[C@H](n2cc(C)c(=O)[nH]c2=O)O[C@@](COCc2ccccc2)(COS(=O)(=O)c2ccc(C)cc2)[C@@]1(CCO)OCc1ccccc1. The van der Waals surface area contributed by atoms with E-state index < -0.39 is 63.9 Å². The van der Waals surface area contributed by atoms with Gasteiger partial charge < -0.3 is 28.8 Å². The van der Waals surface area contributed by atoms with Gasteiger partial charge >= 0.3 is 5.69 Å². The van der Waals surface area contributed by atoms with Crippen LogP contribution in [0.5, 0.6) is 0 Å². The van der Waals surface area contributed by atoms with Crippen LogP contribution in [-0.2, 0) is 51.2 Å². The van der Waals surface area contributed by atoms with Gasteiger partial charge in [-0.1, -0.05) is 78.4 Å². The summed E-state index contributed by atoms with van der Waals surface area (Å²) in [7, 11) is -2.97. The van der Waals surface area contributed by atoms with Gasteiger partial charge in [-0.25, -0.2) is 4.79 Å². The second-order valence-corrected chi connectivity index (χ2v) is 14.9. The third-order valence-corrected chi connectivity index (χ3v) is 10.5. The lowest BCUT2D eigenvalue weighted by atomic mass is 9.78. The first-order chi connectivity index (χ1) is 24.7. The topological polar surface area (TPSA) is 165 Å². The second-order valence-electron chi connectivity index (χ2n) is 13.3. The highest BCUT2D eigenvalue weighted by Gasteiger charge is 2.69. The highest BCUT2D eigenvalue weighted by Crippen LogP contribution is 2.52. The molecular weight excluding hydrogens is 692 g/mol. The van der Waals surface area contributed by atoms with Crippen LogP contribution in [0.2, 0.25) is 0 Å². The maximum absolute atomic E-state index is 13.8. The summed E-state index contributed by atoms with van der Waals surface area (Å²) >= 11 is 0. The number of aliphatic hydroxyl groups excluding tert-OH is 1. The summed E-state index contributed by atoms with van der Waals surface area (Å²) < 4.78 is 66.9. The van der Waals surface area contributed by atoms with E-state index in [1.807, 2.05) is 67.6 Å². The summed E-state index contributed by atoms with van der Waals surface area (Å²) in [5, 5.41) is 10.8. The Kier molecular flexibility index (Phi) is 12.3. The van der Waals surface area contributed by atoms with Gasteiger partial charge in [-0.05, 0) is 51.0 Å². The van der Waals surface area contributed by atoms with E-state index in [0.717, 1.165) is 21.3 Å². The van der Waals surface area contributed by atoms with Crippen LogP contribution in [0.25, 0.3) is 0 Å². The standard InChI is InChI=1S/C38H46N2O11S/c1-27-16-18-31(19-17-27)52(44,45)49-26-37(25-47-23-29-12-8-6-9-13-29)38(20-21-41,48-24-30-14-10-7-11-15-30)32(50-36(3,4)46-5)34(51-37)40-22-28(2)33(42)39-35(40)43/h6-19,22,32,34,41H,20-21,23-26H2,1-5H3,(H,39,42,43)/t32-,34+,37-,38-/m0/s1. The fourth-order valence-electron chi connectivity index (χ4n) is 6.18. The van der Waals surface area contributed by atoms with E-state index in [1.165, 1.54) is 32.4 Å². The molecule has 2 N–H and O–H groups in total. The lowest BCUT2D eigenvalue weighted by molar-refractivity contribution is -0.279. The third-order valence-electron chi connectivity index (χ3n) is 9.18. The van der Waals surface area contributed by atoms with Crippen LogP contribution in [0.4, 0.5) is 0 Å². The first kappa shape index (κ1) is 39.2. The van der Waals surface area contributed by atoms with Gasteiger partial charge in [0.05, 0.1) is 24.7 Å². The molecule has 0 amide bonds. The van der Waals surface area contributed by atoms with Crippen molar-refractivity contribution in [3.8, 4) is 0 Å². The fourth-order valence-corrected chi connectivity index (χ4v) is 7.13. The smallest absolute Gasteiger partial charge is 0.330 e. The molecule has 0 saturated carbocycles. The number of hydrogen-bond acceptors (Lipinski definition) is 11. The summed E-state index contributed by atoms with van der Waals surface area (Å²) in [6.45, 7) is 5.18. The van der Waals surface area contributed by atoms with E-state index in [0.29, 0.717) is 0 Å². The quantitative estimate of drug-likeness (QED) is 0.118. The van der Waals surface area contributed by atoms with Crippen LogP contribution in [0.3, 0.4) is 0 Å². The minimum atomic E-state index is -4.41. The van der Waals surface area contributed by atoms with Crippen LogP contribution < -0.4 is 11.2 Å². The molecule has 0 radical (unpaired) electrons. The molecule has 4 atom stereocenters. The number of aromatic nitrogens is 2. The van der Waals surface area contributed by atoms with E-state index in [-0.39, 0.29) is 36.7 Å². The molecule has 1 saturated heterocycles. The zero-order valence-electron chi connectivity index (χ0n) is 29.9. The molecule has 0 aliphatic carbocycles. The number of aryl methyl sites for hydroxylation is 2. The largest absolute Gasteiger partial charge is 0.396 e. The molecule has 13 nitrogen and oxygen atoms in total. The Bertz CT molecular complexity index is 2000. The van der Waals surface area contributed by atoms with Gasteiger partial charge in [0.15, 0.2) is 17.6 Å². The molecule has 1 aliphatic rings. The van der Waals surface area contributed by atoms with Crippen molar-refractivity contribution in [1.29, 1.82) is 0 Å². The van der Waals surface area contributed by atoms with E-state index >= 15 is 0 Å². The molecule has 0 spiro atoms. The van der Waals surface area contributed by atoms with Crippen LogP contribution >= 0.6 is 0 Å². The van der Waals surface area contributed by atoms with Gasteiger partial charge in [0, 0.05) is 31.9 Å². The van der Waals surface area contributed by atoms with Crippen molar-refractivity contribution in [1.82, 2.24) is 9.55 Å². The van der Waals surface area contributed by atoms with Gasteiger partial charge in [-0.2, -0.15) is 8.42 Å². The van der Waals surface area contributed by atoms with Crippen molar-refractivity contribution in [2.45, 2.75) is 81.5 Å². The van der Waals surface area contributed by atoms with Gasteiger partial charge in [-0.3, -0.25) is 18.5 Å². The van der Waals surface area contributed by atoms with Gasteiger partial charge in [0.25, 0.3) is 15.7 Å². The minimum absolute atomic E-state index is 0.0467. The Labute approximate surface area is 303 Å². The lowest BCUT2D eigenvalue weighted by Gasteiger charge is -2.46. The van der Waals surface area contributed by atoms with Crippen LogP contribution in [0, 0.1) is 13.8 Å².